The van der Waals surface area contributed by atoms with E-state index < -0.39 is 5.97 Å². The van der Waals surface area contributed by atoms with Crippen molar-refractivity contribution < 1.29 is 14.3 Å². The molecule has 0 radical (unpaired) electrons. The number of esters is 1. The average Bonchev–Trinajstić information content (AvgIpc) is 2.47. The molecule has 122 valence electrons. The summed E-state index contributed by atoms with van der Waals surface area (Å²) in [5.74, 6) is -0.840. The minimum atomic E-state index is -0.677. The third-order valence-electron chi connectivity index (χ3n) is 2.63. The highest BCUT2D eigenvalue weighted by Crippen LogP contribution is 2.12. The fourth-order valence-corrected chi connectivity index (χ4v) is 1.63. The van der Waals surface area contributed by atoms with Crippen molar-refractivity contribution in [1.29, 1.82) is 5.26 Å². The molecule has 0 aliphatic rings. The monoisotopic (exact) mass is 315 g/mol. The zero-order chi connectivity index (χ0) is 17.5. The zero-order valence-corrected chi connectivity index (χ0v) is 13.8. The van der Waals surface area contributed by atoms with Crippen LogP contribution in [-0.2, 0) is 9.53 Å². The van der Waals surface area contributed by atoms with E-state index in [1.165, 1.54) is 6.20 Å². The Bertz CT molecular complexity index is 635. The Morgan fingerprint density at radius 2 is 1.87 bits per heavy atom. The molecule has 0 aromatic heterocycles. The van der Waals surface area contributed by atoms with Crippen molar-refractivity contribution in [2.45, 2.75) is 33.2 Å². The number of benzene rings is 1. The molecule has 0 bridgehead atoms. The predicted octanol–water partition coefficient (Wildman–Crippen LogP) is 2.60. The molecule has 6 nitrogen and oxygen atoms in total. The molecule has 0 saturated heterocycles. The van der Waals surface area contributed by atoms with Crippen LogP contribution in [-0.4, -0.2) is 24.0 Å². The van der Waals surface area contributed by atoms with Gasteiger partial charge in [0.2, 0.25) is 0 Å². The molecule has 1 aromatic rings. The number of nitrogens with zero attached hydrogens (tertiary/aromatic N) is 1. The van der Waals surface area contributed by atoms with Gasteiger partial charge in [0.1, 0.15) is 6.07 Å². The molecule has 0 spiro atoms. The molecule has 6 heteroatoms. The summed E-state index contributed by atoms with van der Waals surface area (Å²) in [5.41, 5.74) is 0.744. The smallest absolute Gasteiger partial charge is 0.350 e. The van der Waals surface area contributed by atoms with Crippen molar-refractivity contribution in [3.63, 3.8) is 0 Å². The Morgan fingerprint density at radius 3 is 2.35 bits per heavy atom. The minimum Gasteiger partial charge on any atom is -0.462 e. The van der Waals surface area contributed by atoms with E-state index >= 15 is 0 Å². The van der Waals surface area contributed by atoms with Crippen LogP contribution in [0.5, 0.6) is 0 Å². The van der Waals surface area contributed by atoms with E-state index in [4.69, 9.17) is 10.00 Å². The van der Waals surface area contributed by atoms with Crippen LogP contribution in [0, 0.1) is 11.3 Å². The lowest BCUT2D eigenvalue weighted by atomic mass is 10.1. The first-order chi connectivity index (χ1) is 10.8. The third kappa shape index (κ3) is 6.22. The summed E-state index contributed by atoms with van der Waals surface area (Å²) in [4.78, 5) is 23.5. The fraction of sp³-hybridized carbons (Fsp3) is 0.353. The van der Waals surface area contributed by atoms with Crippen LogP contribution in [0.3, 0.4) is 0 Å². The number of carbonyl (C=O) groups excluding carboxylic acids is 2. The molecule has 0 aliphatic heterocycles. The van der Waals surface area contributed by atoms with Crippen molar-refractivity contribution in [2.75, 3.05) is 11.9 Å². The highest BCUT2D eigenvalue weighted by molar-refractivity contribution is 5.95. The van der Waals surface area contributed by atoms with E-state index in [9.17, 15) is 9.59 Å². The Hall–Kier alpha value is -2.81. The Kier molecular flexibility index (Phi) is 6.34. The molecule has 0 saturated carbocycles. The summed E-state index contributed by atoms with van der Waals surface area (Å²) >= 11 is 0. The van der Waals surface area contributed by atoms with Gasteiger partial charge in [-0.05, 0) is 52.0 Å². The zero-order valence-electron chi connectivity index (χ0n) is 13.8. The number of nitriles is 1. The topological polar surface area (TPSA) is 91.2 Å². The SMILES string of the molecule is CCOC(=O)/C(C#N)=C\Nc1ccc(C(=O)NC(C)(C)C)cc1. The predicted molar refractivity (Wildman–Crippen MR) is 87.6 cm³/mol. The molecule has 0 atom stereocenters. The van der Waals surface area contributed by atoms with Crippen LogP contribution in [0.1, 0.15) is 38.1 Å². The maximum Gasteiger partial charge on any atom is 0.350 e. The molecule has 2 N–H and O–H groups in total. The van der Waals surface area contributed by atoms with Crippen molar-refractivity contribution in [3.8, 4) is 6.07 Å². The normalized spacial score (nSPS) is 11.3. The van der Waals surface area contributed by atoms with E-state index in [2.05, 4.69) is 10.6 Å². The molecule has 1 amide bonds. The van der Waals surface area contributed by atoms with Crippen LogP contribution < -0.4 is 10.6 Å². The van der Waals surface area contributed by atoms with Gasteiger partial charge in [-0.3, -0.25) is 4.79 Å². The highest BCUT2D eigenvalue weighted by atomic mass is 16.5. The van der Waals surface area contributed by atoms with Gasteiger partial charge in [0.15, 0.2) is 5.57 Å². The van der Waals surface area contributed by atoms with Crippen LogP contribution in [0.15, 0.2) is 36.0 Å². The number of carbonyl (C=O) groups is 2. The first kappa shape index (κ1) is 18.2. The van der Waals surface area contributed by atoms with Crippen LogP contribution in [0.25, 0.3) is 0 Å². The average molecular weight is 315 g/mol. The number of hydrogen-bond donors (Lipinski definition) is 2. The first-order valence-electron chi connectivity index (χ1n) is 7.23. The lowest BCUT2D eigenvalue weighted by Crippen LogP contribution is -2.40. The van der Waals surface area contributed by atoms with Gasteiger partial charge in [0, 0.05) is 23.0 Å². The van der Waals surface area contributed by atoms with Crippen LogP contribution >= 0.6 is 0 Å². The van der Waals surface area contributed by atoms with Gasteiger partial charge in [-0.25, -0.2) is 4.79 Å². The number of nitrogens with one attached hydrogen (secondary N) is 2. The molecule has 0 fully saturated rings. The maximum atomic E-state index is 12.0. The second-order valence-electron chi connectivity index (χ2n) is 5.82. The Labute approximate surface area is 136 Å². The molecule has 23 heavy (non-hydrogen) atoms. The van der Waals surface area contributed by atoms with Crippen molar-refractivity contribution in [2.24, 2.45) is 0 Å². The number of anilines is 1. The standard InChI is InChI=1S/C17H21N3O3/c1-5-23-16(22)13(10-18)11-19-14-8-6-12(7-9-14)15(21)20-17(2,3)4/h6-9,11,19H,5H2,1-4H3,(H,20,21)/b13-11-. The number of ether oxygens (including phenoxy) is 1. The molecular weight excluding hydrogens is 294 g/mol. The summed E-state index contributed by atoms with van der Waals surface area (Å²) in [6.07, 6.45) is 1.28. The largest absolute Gasteiger partial charge is 0.462 e. The van der Waals surface area contributed by atoms with E-state index in [0.717, 1.165) is 0 Å². The number of hydrogen-bond acceptors (Lipinski definition) is 5. The second-order valence-corrected chi connectivity index (χ2v) is 5.82. The second kappa shape index (κ2) is 7.99. The number of amides is 1. The van der Waals surface area contributed by atoms with Gasteiger partial charge in [-0.15, -0.1) is 0 Å². The Balaban J connectivity index is 2.76. The lowest BCUT2D eigenvalue weighted by molar-refractivity contribution is -0.138. The van der Waals surface area contributed by atoms with E-state index in [1.54, 1.807) is 37.3 Å². The molecule has 0 unspecified atom stereocenters. The van der Waals surface area contributed by atoms with E-state index in [1.807, 2.05) is 20.8 Å². The summed E-state index contributed by atoms with van der Waals surface area (Å²) < 4.78 is 4.76. The summed E-state index contributed by atoms with van der Waals surface area (Å²) in [6.45, 7) is 7.59. The summed E-state index contributed by atoms with van der Waals surface area (Å²) in [5, 5.41) is 14.6. The molecular formula is C17H21N3O3. The summed E-state index contributed by atoms with van der Waals surface area (Å²) in [7, 11) is 0. The first-order valence-corrected chi connectivity index (χ1v) is 7.23. The van der Waals surface area contributed by atoms with Gasteiger partial charge in [-0.1, -0.05) is 0 Å². The van der Waals surface area contributed by atoms with E-state index in [-0.39, 0.29) is 23.6 Å². The van der Waals surface area contributed by atoms with Crippen molar-refractivity contribution >= 4 is 17.6 Å². The lowest BCUT2D eigenvalue weighted by Gasteiger charge is -2.20. The highest BCUT2D eigenvalue weighted by Gasteiger charge is 2.15. The van der Waals surface area contributed by atoms with Crippen LogP contribution in [0.2, 0.25) is 0 Å². The quantitative estimate of drug-likeness (QED) is 0.495. The summed E-state index contributed by atoms with van der Waals surface area (Å²) in [6, 6.07) is 8.47. The molecule has 1 rings (SSSR count). The molecule has 0 aliphatic carbocycles. The van der Waals surface area contributed by atoms with Gasteiger partial charge in [-0.2, -0.15) is 5.26 Å². The van der Waals surface area contributed by atoms with Gasteiger partial charge < -0.3 is 15.4 Å². The van der Waals surface area contributed by atoms with Gasteiger partial charge >= 0.3 is 5.97 Å². The van der Waals surface area contributed by atoms with Crippen molar-refractivity contribution in [1.82, 2.24) is 5.32 Å². The maximum absolute atomic E-state index is 12.0. The van der Waals surface area contributed by atoms with Crippen molar-refractivity contribution in [3.05, 3.63) is 41.6 Å². The number of rotatable bonds is 5. The minimum absolute atomic E-state index is 0.124. The molecule has 0 heterocycles. The molecule has 1 aromatic carbocycles. The van der Waals surface area contributed by atoms with Gasteiger partial charge in [0.05, 0.1) is 6.61 Å². The Morgan fingerprint density at radius 1 is 1.26 bits per heavy atom. The van der Waals surface area contributed by atoms with Gasteiger partial charge in [0.25, 0.3) is 5.91 Å². The van der Waals surface area contributed by atoms with E-state index in [0.29, 0.717) is 11.3 Å². The van der Waals surface area contributed by atoms with Crippen LogP contribution in [0.4, 0.5) is 5.69 Å². The third-order valence-corrected chi connectivity index (χ3v) is 2.63. The fourth-order valence-electron chi connectivity index (χ4n) is 1.63.